The summed E-state index contributed by atoms with van der Waals surface area (Å²) < 4.78 is 1.79. The molecule has 1 atom stereocenters. The molecule has 1 rings (SSSR count). The molecule has 2 amide bonds. The van der Waals surface area contributed by atoms with Crippen molar-refractivity contribution in [2.24, 2.45) is 0 Å². The van der Waals surface area contributed by atoms with Crippen LogP contribution in [-0.4, -0.2) is 29.0 Å². The molecule has 0 aliphatic rings. The SMILES string of the molecule is CCCNC(=O)C(C)NC(=O)c1cc(N)cn1C(C)C. The number of nitrogens with two attached hydrogens (primary N) is 1. The minimum Gasteiger partial charge on any atom is -0.397 e. The summed E-state index contributed by atoms with van der Waals surface area (Å²) in [7, 11) is 0. The van der Waals surface area contributed by atoms with Gasteiger partial charge in [0.15, 0.2) is 0 Å². The molecule has 1 unspecified atom stereocenters. The van der Waals surface area contributed by atoms with Crippen molar-refractivity contribution in [1.82, 2.24) is 15.2 Å². The first kappa shape index (κ1) is 16.1. The Morgan fingerprint density at radius 3 is 2.55 bits per heavy atom. The Morgan fingerprint density at radius 2 is 2.00 bits per heavy atom. The van der Waals surface area contributed by atoms with Crippen LogP contribution in [0.15, 0.2) is 12.3 Å². The Kier molecular flexibility index (Phi) is 5.61. The van der Waals surface area contributed by atoms with Gasteiger partial charge in [0.1, 0.15) is 11.7 Å². The standard InChI is InChI=1S/C14H24N4O2/c1-5-6-16-13(19)10(4)17-14(20)12-7-11(15)8-18(12)9(2)3/h7-10H,5-6,15H2,1-4H3,(H,16,19)(H,17,20). The molecule has 0 fully saturated rings. The van der Waals surface area contributed by atoms with Crippen molar-refractivity contribution >= 4 is 17.5 Å². The highest BCUT2D eigenvalue weighted by molar-refractivity contribution is 5.97. The van der Waals surface area contributed by atoms with Gasteiger partial charge in [0.25, 0.3) is 5.91 Å². The monoisotopic (exact) mass is 280 g/mol. The molecule has 1 heterocycles. The Morgan fingerprint density at radius 1 is 1.35 bits per heavy atom. The van der Waals surface area contributed by atoms with E-state index in [-0.39, 0.29) is 17.9 Å². The van der Waals surface area contributed by atoms with Crippen LogP contribution in [0.25, 0.3) is 0 Å². The van der Waals surface area contributed by atoms with Gasteiger partial charge in [-0.15, -0.1) is 0 Å². The van der Waals surface area contributed by atoms with Gasteiger partial charge >= 0.3 is 0 Å². The maximum Gasteiger partial charge on any atom is 0.268 e. The van der Waals surface area contributed by atoms with Gasteiger partial charge in [0.05, 0.1) is 5.69 Å². The largest absolute Gasteiger partial charge is 0.397 e. The lowest BCUT2D eigenvalue weighted by atomic mass is 10.2. The van der Waals surface area contributed by atoms with Crippen molar-refractivity contribution < 1.29 is 9.59 Å². The molecule has 0 saturated carbocycles. The lowest BCUT2D eigenvalue weighted by molar-refractivity contribution is -0.122. The number of anilines is 1. The van der Waals surface area contributed by atoms with Gasteiger partial charge in [0, 0.05) is 18.8 Å². The molecule has 0 bridgehead atoms. The highest BCUT2D eigenvalue weighted by Gasteiger charge is 2.19. The summed E-state index contributed by atoms with van der Waals surface area (Å²) in [5.74, 6) is -0.481. The zero-order valence-corrected chi connectivity index (χ0v) is 12.6. The second kappa shape index (κ2) is 6.98. The number of nitrogens with one attached hydrogen (secondary N) is 2. The van der Waals surface area contributed by atoms with Crippen LogP contribution in [-0.2, 0) is 4.79 Å². The Labute approximate surface area is 119 Å². The molecular formula is C14H24N4O2. The first-order valence-corrected chi connectivity index (χ1v) is 6.92. The number of hydrogen-bond acceptors (Lipinski definition) is 3. The number of rotatable bonds is 6. The average molecular weight is 280 g/mol. The highest BCUT2D eigenvalue weighted by Crippen LogP contribution is 2.16. The fraction of sp³-hybridized carbons (Fsp3) is 0.571. The van der Waals surface area contributed by atoms with Crippen molar-refractivity contribution in [3.63, 3.8) is 0 Å². The Balaban J connectivity index is 2.74. The van der Waals surface area contributed by atoms with Gasteiger partial charge in [-0.25, -0.2) is 0 Å². The predicted molar refractivity (Wildman–Crippen MR) is 79.5 cm³/mol. The lowest BCUT2D eigenvalue weighted by Crippen LogP contribution is -2.45. The molecule has 6 nitrogen and oxygen atoms in total. The minimum atomic E-state index is -0.578. The summed E-state index contributed by atoms with van der Waals surface area (Å²) in [6, 6.07) is 1.16. The van der Waals surface area contributed by atoms with Gasteiger partial charge < -0.3 is 20.9 Å². The van der Waals surface area contributed by atoms with Crippen LogP contribution in [0.2, 0.25) is 0 Å². The molecule has 0 spiro atoms. The summed E-state index contributed by atoms with van der Waals surface area (Å²) >= 11 is 0. The van der Waals surface area contributed by atoms with Crippen molar-refractivity contribution in [2.75, 3.05) is 12.3 Å². The van der Waals surface area contributed by atoms with Gasteiger partial charge in [0.2, 0.25) is 5.91 Å². The van der Waals surface area contributed by atoms with Gasteiger partial charge in [-0.1, -0.05) is 6.92 Å². The Bertz CT molecular complexity index is 480. The van der Waals surface area contributed by atoms with Gasteiger partial charge in [-0.2, -0.15) is 0 Å². The zero-order chi connectivity index (χ0) is 15.3. The van der Waals surface area contributed by atoms with E-state index < -0.39 is 6.04 Å². The number of aromatic nitrogens is 1. The number of nitrogens with zero attached hydrogens (tertiary/aromatic N) is 1. The third kappa shape index (κ3) is 4.01. The second-order valence-corrected chi connectivity index (χ2v) is 5.15. The van der Waals surface area contributed by atoms with Crippen molar-refractivity contribution in [3.8, 4) is 0 Å². The predicted octanol–water partition coefficient (Wildman–Crippen LogP) is 1.30. The fourth-order valence-corrected chi connectivity index (χ4v) is 1.85. The molecule has 0 radical (unpaired) electrons. The molecular weight excluding hydrogens is 256 g/mol. The van der Waals surface area contributed by atoms with E-state index in [0.717, 1.165) is 6.42 Å². The topological polar surface area (TPSA) is 89.2 Å². The van der Waals surface area contributed by atoms with E-state index in [2.05, 4.69) is 10.6 Å². The first-order valence-electron chi connectivity index (χ1n) is 6.92. The van der Waals surface area contributed by atoms with E-state index in [1.807, 2.05) is 20.8 Å². The van der Waals surface area contributed by atoms with Crippen molar-refractivity contribution in [2.45, 2.75) is 46.2 Å². The van der Waals surface area contributed by atoms with Gasteiger partial charge in [-0.3, -0.25) is 9.59 Å². The lowest BCUT2D eigenvalue weighted by Gasteiger charge is -2.16. The van der Waals surface area contributed by atoms with E-state index in [4.69, 9.17) is 5.73 Å². The van der Waals surface area contributed by atoms with E-state index in [9.17, 15) is 9.59 Å². The molecule has 0 aliphatic carbocycles. The molecule has 0 aliphatic heterocycles. The number of carbonyl (C=O) groups excluding carboxylic acids is 2. The van der Waals surface area contributed by atoms with Crippen LogP contribution in [0.4, 0.5) is 5.69 Å². The van der Waals surface area contributed by atoms with Crippen LogP contribution in [0, 0.1) is 0 Å². The van der Waals surface area contributed by atoms with Crippen LogP contribution in [0.3, 0.4) is 0 Å². The maximum absolute atomic E-state index is 12.2. The smallest absolute Gasteiger partial charge is 0.268 e. The summed E-state index contributed by atoms with van der Waals surface area (Å²) in [4.78, 5) is 23.9. The van der Waals surface area contributed by atoms with Crippen LogP contribution >= 0.6 is 0 Å². The molecule has 112 valence electrons. The Hall–Kier alpha value is -1.98. The van der Waals surface area contributed by atoms with E-state index in [1.165, 1.54) is 0 Å². The van der Waals surface area contributed by atoms with E-state index in [0.29, 0.717) is 17.9 Å². The molecule has 0 aromatic carbocycles. The first-order chi connectivity index (χ1) is 9.36. The number of nitrogen functional groups attached to an aromatic ring is 1. The summed E-state index contributed by atoms with van der Waals surface area (Å²) in [5, 5.41) is 5.43. The minimum absolute atomic E-state index is 0.122. The van der Waals surface area contributed by atoms with Gasteiger partial charge in [-0.05, 0) is 33.3 Å². The number of carbonyl (C=O) groups is 2. The molecule has 1 aromatic rings. The molecule has 20 heavy (non-hydrogen) atoms. The van der Waals surface area contributed by atoms with Crippen LogP contribution < -0.4 is 16.4 Å². The average Bonchev–Trinajstić information content (AvgIpc) is 2.78. The zero-order valence-electron chi connectivity index (χ0n) is 12.6. The second-order valence-electron chi connectivity index (χ2n) is 5.15. The number of hydrogen-bond donors (Lipinski definition) is 3. The van der Waals surface area contributed by atoms with Crippen LogP contribution in [0.1, 0.15) is 50.6 Å². The molecule has 6 heteroatoms. The summed E-state index contributed by atoms with van der Waals surface area (Å²) in [6.07, 6.45) is 2.58. The summed E-state index contributed by atoms with van der Waals surface area (Å²) in [5.41, 5.74) is 6.73. The van der Waals surface area contributed by atoms with E-state index in [1.54, 1.807) is 23.8 Å². The van der Waals surface area contributed by atoms with Crippen molar-refractivity contribution in [1.29, 1.82) is 0 Å². The fourth-order valence-electron chi connectivity index (χ4n) is 1.85. The van der Waals surface area contributed by atoms with Crippen molar-refractivity contribution in [3.05, 3.63) is 18.0 Å². The summed E-state index contributed by atoms with van der Waals surface area (Å²) in [6.45, 7) is 8.17. The normalized spacial score (nSPS) is 12.2. The highest BCUT2D eigenvalue weighted by atomic mass is 16.2. The molecule has 1 aromatic heterocycles. The third-order valence-electron chi connectivity index (χ3n) is 2.95. The maximum atomic E-state index is 12.2. The quantitative estimate of drug-likeness (QED) is 0.733. The molecule has 0 saturated heterocycles. The van der Waals surface area contributed by atoms with E-state index >= 15 is 0 Å². The number of amides is 2. The van der Waals surface area contributed by atoms with Crippen LogP contribution in [0.5, 0.6) is 0 Å². The molecule has 4 N–H and O–H groups in total. The third-order valence-corrected chi connectivity index (χ3v) is 2.95.